The Hall–Kier alpha value is -3.30. The smallest absolute Gasteiger partial charge is 0.286 e. The van der Waals surface area contributed by atoms with Crippen LogP contribution >= 0.6 is 11.3 Å². The normalized spacial score (nSPS) is 10.8. The van der Waals surface area contributed by atoms with Crippen molar-refractivity contribution in [3.8, 4) is 5.75 Å². The first-order chi connectivity index (χ1) is 15.5. The highest BCUT2D eigenvalue weighted by Gasteiger charge is 2.17. The third kappa shape index (κ3) is 6.60. The number of ether oxygens (including phenoxy) is 1. The summed E-state index contributed by atoms with van der Waals surface area (Å²) in [4.78, 5) is 27.0. The van der Waals surface area contributed by atoms with Crippen LogP contribution in [0.2, 0.25) is 0 Å². The van der Waals surface area contributed by atoms with Crippen molar-refractivity contribution in [3.63, 3.8) is 0 Å². The van der Waals surface area contributed by atoms with Crippen molar-refractivity contribution in [2.45, 2.75) is 26.8 Å². The summed E-state index contributed by atoms with van der Waals surface area (Å²) in [5, 5.41) is 14.9. The van der Waals surface area contributed by atoms with Crippen molar-refractivity contribution in [2.75, 3.05) is 30.8 Å². The molecule has 1 heterocycles. The van der Waals surface area contributed by atoms with Crippen LogP contribution in [0.15, 0.2) is 48.5 Å². The van der Waals surface area contributed by atoms with Gasteiger partial charge in [-0.2, -0.15) is 0 Å². The molecule has 8 nitrogen and oxygen atoms in total. The highest BCUT2D eigenvalue weighted by atomic mass is 32.1. The minimum absolute atomic E-state index is 0.0882. The Morgan fingerprint density at radius 1 is 1.06 bits per heavy atom. The maximum absolute atomic E-state index is 12.5. The second-order valence-corrected chi connectivity index (χ2v) is 8.32. The van der Waals surface area contributed by atoms with E-state index >= 15 is 0 Å². The number of amides is 2. The number of methoxy groups -OCH3 is 1. The lowest BCUT2D eigenvalue weighted by atomic mass is 10.2. The molecule has 3 aromatic rings. The lowest BCUT2D eigenvalue weighted by Crippen LogP contribution is -2.33. The molecule has 9 heteroatoms. The molecule has 0 radical (unpaired) electrons. The van der Waals surface area contributed by atoms with E-state index in [0.29, 0.717) is 23.0 Å². The summed E-state index contributed by atoms with van der Waals surface area (Å²) in [7, 11) is 1.59. The predicted octanol–water partition coefficient (Wildman–Crippen LogP) is 3.96. The largest absolute Gasteiger partial charge is 0.497 e. The minimum Gasteiger partial charge on any atom is -0.497 e. The molecule has 2 amide bonds. The summed E-state index contributed by atoms with van der Waals surface area (Å²) < 4.78 is 5.12. The summed E-state index contributed by atoms with van der Waals surface area (Å²) in [6, 6.07) is 14.7. The lowest BCUT2D eigenvalue weighted by Gasteiger charge is -2.20. The van der Waals surface area contributed by atoms with Crippen LogP contribution in [0.4, 0.5) is 11.4 Å². The fourth-order valence-electron chi connectivity index (χ4n) is 3.10. The molecule has 0 unspecified atom stereocenters. The van der Waals surface area contributed by atoms with E-state index in [1.165, 1.54) is 11.3 Å². The van der Waals surface area contributed by atoms with Gasteiger partial charge in [0.15, 0.2) is 0 Å². The van der Waals surface area contributed by atoms with E-state index in [4.69, 9.17) is 4.74 Å². The van der Waals surface area contributed by atoms with Gasteiger partial charge in [-0.15, -0.1) is 10.2 Å². The standard InChI is InChI=1S/C23H27N5O3S/c1-4-13-28(14-20(29)25-19-8-6-5-7-16(19)2)15-21-26-27-23(32-21)22(30)24-17-9-11-18(31-3)12-10-17/h5-12H,4,13-15H2,1-3H3,(H,24,30)(H,25,29). The predicted molar refractivity (Wildman–Crippen MR) is 126 cm³/mol. The second kappa shape index (κ2) is 11.4. The average molecular weight is 454 g/mol. The Bertz CT molecular complexity index is 1050. The van der Waals surface area contributed by atoms with Crippen LogP contribution in [0.25, 0.3) is 0 Å². The Kier molecular flexibility index (Phi) is 8.29. The molecule has 0 aliphatic rings. The monoisotopic (exact) mass is 453 g/mol. The van der Waals surface area contributed by atoms with Gasteiger partial charge in [0.1, 0.15) is 10.8 Å². The summed E-state index contributed by atoms with van der Waals surface area (Å²) in [5.41, 5.74) is 2.47. The average Bonchev–Trinajstić information content (AvgIpc) is 3.25. The Morgan fingerprint density at radius 3 is 2.50 bits per heavy atom. The zero-order chi connectivity index (χ0) is 22.9. The van der Waals surface area contributed by atoms with Gasteiger partial charge in [-0.3, -0.25) is 14.5 Å². The number of aryl methyl sites for hydroxylation is 1. The number of hydrogen-bond acceptors (Lipinski definition) is 7. The van der Waals surface area contributed by atoms with Gasteiger partial charge in [-0.1, -0.05) is 36.5 Å². The molecular weight excluding hydrogens is 426 g/mol. The Labute approximate surface area is 191 Å². The van der Waals surface area contributed by atoms with E-state index in [-0.39, 0.29) is 23.4 Å². The molecular formula is C23H27N5O3S. The van der Waals surface area contributed by atoms with Crippen molar-refractivity contribution in [1.29, 1.82) is 0 Å². The number of para-hydroxylation sites is 1. The molecule has 0 saturated carbocycles. The third-order valence-electron chi connectivity index (χ3n) is 4.69. The SMILES string of the molecule is CCCN(CC(=O)Nc1ccccc1C)Cc1nnc(C(=O)Nc2ccc(OC)cc2)s1. The highest BCUT2D eigenvalue weighted by molar-refractivity contribution is 7.13. The zero-order valence-electron chi connectivity index (χ0n) is 18.4. The Morgan fingerprint density at radius 2 is 1.81 bits per heavy atom. The van der Waals surface area contributed by atoms with Gasteiger partial charge in [-0.05, 0) is 55.8 Å². The van der Waals surface area contributed by atoms with E-state index in [9.17, 15) is 9.59 Å². The molecule has 2 N–H and O–H groups in total. The quantitative estimate of drug-likeness (QED) is 0.482. The van der Waals surface area contributed by atoms with Crippen LogP contribution in [0.1, 0.15) is 33.7 Å². The molecule has 2 aromatic carbocycles. The highest BCUT2D eigenvalue weighted by Crippen LogP contribution is 2.18. The fraction of sp³-hybridized carbons (Fsp3) is 0.304. The topological polar surface area (TPSA) is 96.5 Å². The Balaban J connectivity index is 1.58. The van der Waals surface area contributed by atoms with E-state index in [2.05, 4.69) is 27.8 Å². The number of rotatable bonds is 10. The van der Waals surface area contributed by atoms with Gasteiger partial charge in [-0.25, -0.2) is 0 Å². The molecule has 0 fully saturated rings. The van der Waals surface area contributed by atoms with E-state index in [0.717, 1.165) is 24.2 Å². The van der Waals surface area contributed by atoms with E-state index in [1.807, 2.05) is 36.1 Å². The molecule has 3 rings (SSSR count). The molecule has 0 bridgehead atoms. The summed E-state index contributed by atoms with van der Waals surface area (Å²) >= 11 is 1.22. The van der Waals surface area contributed by atoms with Crippen molar-refractivity contribution in [3.05, 3.63) is 64.1 Å². The van der Waals surface area contributed by atoms with Gasteiger partial charge in [0, 0.05) is 11.4 Å². The van der Waals surface area contributed by atoms with Crippen LogP contribution in [-0.2, 0) is 11.3 Å². The summed E-state index contributed by atoms with van der Waals surface area (Å²) in [5.74, 6) is 0.302. The molecule has 0 aliphatic carbocycles. The second-order valence-electron chi connectivity index (χ2n) is 7.26. The zero-order valence-corrected chi connectivity index (χ0v) is 19.2. The number of carbonyl (C=O) groups excluding carboxylic acids is 2. The molecule has 168 valence electrons. The molecule has 32 heavy (non-hydrogen) atoms. The first-order valence-corrected chi connectivity index (χ1v) is 11.2. The summed E-state index contributed by atoms with van der Waals surface area (Å²) in [6.45, 7) is 5.42. The van der Waals surface area contributed by atoms with Crippen molar-refractivity contribution < 1.29 is 14.3 Å². The molecule has 1 aromatic heterocycles. The van der Waals surface area contributed by atoms with Gasteiger partial charge in [0.2, 0.25) is 10.9 Å². The summed E-state index contributed by atoms with van der Waals surface area (Å²) in [6.07, 6.45) is 0.890. The molecule has 0 aliphatic heterocycles. The van der Waals surface area contributed by atoms with Crippen LogP contribution in [-0.4, -0.2) is 47.1 Å². The fourth-order valence-corrected chi connectivity index (χ4v) is 3.87. The first kappa shape index (κ1) is 23.4. The van der Waals surface area contributed by atoms with Crippen LogP contribution in [0, 0.1) is 6.92 Å². The molecule has 0 saturated heterocycles. The van der Waals surface area contributed by atoms with E-state index < -0.39 is 0 Å². The number of carbonyl (C=O) groups is 2. The van der Waals surface area contributed by atoms with Crippen LogP contribution in [0.3, 0.4) is 0 Å². The van der Waals surface area contributed by atoms with E-state index in [1.54, 1.807) is 31.4 Å². The van der Waals surface area contributed by atoms with Gasteiger partial charge in [0.05, 0.1) is 20.2 Å². The number of nitrogens with one attached hydrogen (secondary N) is 2. The number of aromatic nitrogens is 2. The van der Waals surface area contributed by atoms with Crippen LogP contribution in [0.5, 0.6) is 5.75 Å². The molecule has 0 atom stereocenters. The maximum atomic E-state index is 12.5. The van der Waals surface area contributed by atoms with Gasteiger partial charge >= 0.3 is 0 Å². The number of anilines is 2. The molecule has 0 spiro atoms. The first-order valence-electron chi connectivity index (χ1n) is 10.3. The number of benzene rings is 2. The minimum atomic E-state index is -0.321. The van der Waals surface area contributed by atoms with Crippen molar-refractivity contribution in [1.82, 2.24) is 15.1 Å². The lowest BCUT2D eigenvalue weighted by molar-refractivity contribution is -0.117. The van der Waals surface area contributed by atoms with Gasteiger partial charge < -0.3 is 15.4 Å². The maximum Gasteiger partial charge on any atom is 0.286 e. The third-order valence-corrected chi connectivity index (χ3v) is 5.60. The van der Waals surface area contributed by atoms with Crippen molar-refractivity contribution in [2.24, 2.45) is 0 Å². The van der Waals surface area contributed by atoms with Crippen LogP contribution < -0.4 is 15.4 Å². The van der Waals surface area contributed by atoms with Crippen molar-refractivity contribution >= 4 is 34.5 Å². The number of nitrogens with zero attached hydrogens (tertiary/aromatic N) is 3. The number of hydrogen-bond donors (Lipinski definition) is 2. The van der Waals surface area contributed by atoms with Gasteiger partial charge in [0.25, 0.3) is 5.91 Å².